The second-order valence-corrected chi connectivity index (χ2v) is 10.7. The summed E-state index contributed by atoms with van der Waals surface area (Å²) in [6, 6.07) is 0. The molecule has 0 unspecified atom stereocenters. The molecule has 0 saturated carbocycles. The van der Waals surface area contributed by atoms with Gasteiger partial charge in [0.15, 0.2) is 0 Å². The van der Waals surface area contributed by atoms with Crippen molar-refractivity contribution >= 4 is 223 Å². The molecule has 0 saturated heterocycles. The zero-order valence-electron chi connectivity index (χ0n) is 20.5. The molecular weight excluding hydrogens is 2180 g/mol. The average Bonchev–Trinajstić information content (AvgIpc) is 2.16. The third kappa shape index (κ3) is 2630. The first-order valence-corrected chi connectivity index (χ1v) is 17.5. The standard InChI is InChI=1S/3Bi.3Fe.8H3O4P.3Pb/c;;;;;;8*1-5(2,3)4;;;/h;;;;;;8*(H3,1,2,3,4);;;/q6*+3;;;;;;;;;3*+2/p-24. The Labute approximate surface area is 421 Å². The van der Waals surface area contributed by atoms with Crippen LogP contribution in [0.1, 0.15) is 0 Å². The van der Waals surface area contributed by atoms with E-state index in [1.165, 1.54) is 0 Å². The molecule has 0 rings (SSSR count). The fraction of sp³-hybridized carbons (Fsp3) is 0. The minimum atomic E-state index is -5.39. The molecule has 0 amide bonds. The van der Waals surface area contributed by atoms with Crippen LogP contribution in [0.5, 0.6) is 0 Å². The van der Waals surface area contributed by atoms with E-state index in [-0.39, 0.29) is 212 Å². The van der Waals surface area contributed by atoms with E-state index < -0.39 is 62.6 Å². The topological polar surface area (TPSA) is 690 Å². The molecule has 49 heteroatoms. The second kappa shape index (κ2) is 53.9. The van der Waals surface area contributed by atoms with Gasteiger partial charge in [0.1, 0.15) is 0 Å². The Morgan fingerprint density at radius 2 is 0.184 bits per heavy atom. The molecule has 0 fully saturated rings. The Kier molecular flexibility index (Phi) is 123. The van der Waals surface area contributed by atoms with Gasteiger partial charge in [-0.15, -0.1) is 0 Å². The summed E-state index contributed by atoms with van der Waals surface area (Å²) >= 11 is 0. The van der Waals surface area contributed by atoms with Crippen molar-refractivity contribution in [3.8, 4) is 0 Å². The summed E-state index contributed by atoms with van der Waals surface area (Å²) in [5.41, 5.74) is 0. The molecule has 0 spiro atoms. The van der Waals surface area contributed by atoms with Crippen LogP contribution in [0.4, 0.5) is 0 Å². The Morgan fingerprint density at radius 3 is 0.184 bits per heavy atom. The largest absolute Gasteiger partial charge is 3.00 e. The Balaban J connectivity index is -0.0000000155. The molecule has 0 aliphatic heterocycles. The van der Waals surface area contributed by atoms with Crippen LogP contribution >= 0.6 is 62.6 Å². The van der Waals surface area contributed by atoms with E-state index in [0.29, 0.717) is 0 Å². The maximum absolute atomic E-state index is 8.55. The first kappa shape index (κ1) is 112. The molecule has 0 atom stereocenters. The van der Waals surface area contributed by atoms with Gasteiger partial charge < -0.3 is 154 Å². The van der Waals surface area contributed by atoms with Gasteiger partial charge in [-0.05, 0) is 0 Å². The summed E-state index contributed by atoms with van der Waals surface area (Å²) in [5, 5.41) is 0. The monoisotopic (exact) mass is 2180 g/mol. The molecule has 0 aliphatic rings. The number of phosphoric acid groups is 8. The third-order valence-corrected chi connectivity index (χ3v) is 0. The predicted molar refractivity (Wildman–Crippen MR) is 95.4 cm³/mol. The van der Waals surface area contributed by atoms with Crippen LogP contribution in [-0.4, -0.2) is 161 Å². The van der Waals surface area contributed by atoms with Crippen LogP contribution in [0.15, 0.2) is 0 Å². The van der Waals surface area contributed by atoms with Gasteiger partial charge in [0, 0.05) is 0 Å². The molecule has 283 valence electrons. The van der Waals surface area contributed by atoms with Gasteiger partial charge in [-0.1, -0.05) is 0 Å². The molecular formula is Bi3Fe3O32P8Pb3. The summed E-state index contributed by atoms with van der Waals surface area (Å²) in [6.45, 7) is 0. The van der Waals surface area contributed by atoms with E-state index in [2.05, 4.69) is 0 Å². The van der Waals surface area contributed by atoms with Crippen LogP contribution in [0, 0.1) is 0 Å². The molecule has 0 N–H and O–H groups in total. The van der Waals surface area contributed by atoms with Crippen molar-refractivity contribution in [2.45, 2.75) is 0 Å². The first-order chi connectivity index (χ1) is 16.0. The quantitative estimate of drug-likeness (QED) is 0.160. The summed E-state index contributed by atoms with van der Waals surface area (Å²) in [6.07, 6.45) is 0. The average molecular weight is 2180 g/mol. The van der Waals surface area contributed by atoms with Crippen LogP contribution in [0.2, 0.25) is 0 Å². The SMILES string of the molecule is O=P([O-])([O-])[O-].O=P([O-])([O-])[O-].O=P([O-])([O-])[O-].O=P([O-])([O-])[O-].O=P([O-])([O-])[O-].O=P([O-])([O-])[O-].O=P([O-])([O-])[O-].O=P([O-])([O-])[O-].[Bi+3].[Bi+3].[Bi+3].[Fe+3].[Fe+3].[Fe+3].[Pb+2].[Pb+2].[Pb+2]. The van der Waals surface area contributed by atoms with Crippen molar-refractivity contribution in [1.82, 2.24) is 0 Å². The van der Waals surface area contributed by atoms with Crippen molar-refractivity contribution in [1.29, 1.82) is 0 Å². The van der Waals surface area contributed by atoms with E-state index >= 15 is 0 Å². The van der Waals surface area contributed by atoms with Gasteiger partial charge in [-0.25, -0.2) is 0 Å². The molecule has 32 nitrogen and oxygen atoms in total. The number of rotatable bonds is 0. The molecule has 15 radical (unpaired) electrons. The van der Waals surface area contributed by atoms with E-state index in [9.17, 15) is 0 Å². The van der Waals surface area contributed by atoms with E-state index in [1.54, 1.807) is 0 Å². The molecule has 0 aromatic rings. The maximum atomic E-state index is 8.55. The Hall–Kier alpha value is 7.85. The Morgan fingerprint density at radius 1 is 0.184 bits per heavy atom. The zero-order valence-corrected chi connectivity index (χ0v) is 53.1. The summed E-state index contributed by atoms with van der Waals surface area (Å²) < 4.78 is 68.4. The van der Waals surface area contributed by atoms with E-state index in [4.69, 9.17) is 154 Å². The van der Waals surface area contributed by atoms with Gasteiger partial charge in [0.25, 0.3) is 0 Å². The van der Waals surface area contributed by atoms with Crippen molar-refractivity contribution in [2.24, 2.45) is 0 Å². The predicted octanol–water partition coefficient (Wildman–Crippen LogP) is -24.9. The fourth-order valence-electron chi connectivity index (χ4n) is 0. The molecule has 0 aliphatic carbocycles. The van der Waals surface area contributed by atoms with Gasteiger partial charge in [-0.3, -0.25) is 0 Å². The number of hydrogen-bond donors (Lipinski definition) is 0. The molecule has 0 heterocycles. The molecule has 49 heavy (non-hydrogen) atoms. The van der Waals surface area contributed by atoms with Crippen molar-refractivity contribution in [3.63, 3.8) is 0 Å². The van der Waals surface area contributed by atoms with Gasteiger partial charge in [0.05, 0.1) is 0 Å². The smallest absolute Gasteiger partial charge is 0.822 e. The van der Waals surface area contributed by atoms with Gasteiger partial charge in [-0.2, -0.15) is 62.6 Å². The molecule has 0 aromatic heterocycles. The molecule has 0 bridgehead atoms. The van der Waals surface area contributed by atoms with E-state index in [1.807, 2.05) is 0 Å². The zero-order chi connectivity index (χ0) is 36.0. The molecule has 0 aromatic carbocycles. The van der Waals surface area contributed by atoms with Crippen LogP contribution in [0.3, 0.4) is 0 Å². The minimum absolute atomic E-state index is 0. The summed E-state index contributed by atoms with van der Waals surface area (Å²) in [5.74, 6) is 0. The van der Waals surface area contributed by atoms with Crippen LogP contribution < -0.4 is 117 Å². The maximum Gasteiger partial charge on any atom is 3.00 e. The second-order valence-electron chi connectivity index (χ2n) is 3.58. The first-order valence-electron chi connectivity index (χ1n) is 5.84. The minimum Gasteiger partial charge on any atom is -0.822 e. The fourth-order valence-corrected chi connectivity index (χ4v) is 0. The van der Waals surface area contributed by atoms with Crippen LogP contribution in [-0.2, 0) is 87.7 Å². The number of hydrogen-bond acceptors (Lipinski definition) is 32. The summed E-state index contributed by atoms with van der Waals surface area (Å²) in [7, 11) is -43.1. The van der Waals surface area contributed by atoms with Crippen molar-refractivity contribution < 1.29 is 205 Å². The van der Waals surface area contributed by atoms with Crippen molar-refractivity contribution in [3.05, 3.63) is 0 Å². The summed E-state index contributed by atoms with van der Waals surface area (Å²) in [4.78, 5) is 205. The van der Waals surface area contributed by atoms with Gasteiger partial charge in [0.2, 0.25) is 0 Å². The van der Waals surface area contributed by atoms with E-state index in [0.717, 1.165) is 0 Å². The van der Waals surface area contributed by atoms with Crippen LogP contribution in [0.25, 0.3) is 0 Å². The van der Waals surface area contributed by atoms with Gasteiger partial charge >= 0.3 is 212 Å². The third-order valence-electron chi connectivity index (χ3n) is 0. The Bertz CT molecular complexity index is 686. The van der Waals surface area contributed by atoms with Crippen molar-refractivity contribution in [2.75, 3.05) is 0 Å². The normalized spacial score (nSPS) is 9.63.